The minimum absolute atomic E-state index is 0.211. The second-order valence-corrected chi connectivity index (χ2v) is 7.04. The number of hydrogen-bond acceptors (Lipinski definition) is 0. The quantitative estimate of drug-likeness (QED) is 0.377. The summed E-state index contributed by atoms with van der Waals surface area (Å²) < 4.78 is 1.20. The lowest BCUT2D eigenvalue weighted by Gasteiger charge is -2.13. The Kier molecular flexibility index (Phi) is 5.36. The van der Waals surface area contributed by atoms with E-state index in [0.717, 1.165) is 22.0 Å². The van der Waals surface area contributed by atoms with Crippen LogP contribution in [0, 0.1) is 3.57 Å². The van der Waals surface area contributed by atoms with Crippen molar-refractivity contribution in [2.45, 2.75) is 11.2 Å². The molecule has 18 heavy (non-hydrogen) atoms. The van der Waals surface area contributed by atoms with Crippen molar-refractivity contribution in [3.63, 3.8) is 0 Å². The van der Waals surface area contributed by atoms with Gasteiger partial charge in [-0.25, -0.2) is 0 Å². The Hall–Kier alpha value is 0.230. The van der Waals surface area contributed by atoms with E-state index in [-0.39, 0.29) is 4.83 Å². The largest absolute Gasteiger partial charge is 0.0843 e. The molecule has 1 unspecified atom stereocenters. The van der Waals surface area contributed by atoms with E-state index in [1.165, 1.54) is 9.13 Å². The zero-order valence-electron chi connectivity index (χ0n) is 9.34. The number of benzene rings is 2. The lowest BCUT2D eigenvalue weighted by molar-refractivity contribution is 0.943. The molecule has 0 fully saturated rings. The van der Waals surface area contributed by atoms with Gasteiger partial charge in [0.15, 0.2) is 0 Å². The van der Waals surface area contributed by atoms with E-state index in [1.54, 1.807) is 0 Å². The molecule has 0 nitrogen and oxygen atoms in total. The van der Waals surface area contributed by atoms with Crippen LogP contribution in [0.2, 0.25) is 10.0 Å². The monoisotopic (exact) mass is 454 g/mol. The Morgan fingerprint density at radius 2 is 1.83 bits per heavy atom. The average Bonchev–Trinajstić information content (AvgIpc) is 2.35. The van der Waals surface area contributed by atoms with E-state index in [2.05, 4.69) is 38.5 Å². The Morgan fingerprint density at radius 1 is 1.11 bits per heavy atom. The first-order valence-corrected chi connectivity index (χ1v) is 8.15. The van der Waals surface area contributed by atoms with Crippen LogP contribution in [0.5, 0.6) is 0 Å². The summed E-state index contributed by atoms with van der Waals surface area (Å²) in [4.78, 5) is 0.211. The topological polar surface area (TPSA) is 0 Å². The second kappa shape index (κ2) is 6.60. The van der Waals surface area contributed by atoms with Crippen LogP contribution in [0.1, 0.15) is 16.0 Å². The first-order chi connectivity index (χ1) is 8.58. The average molecular weight is 456 g/mol. The lowest BCUT2D eigenvalue weighted by Crippen LogP contribution is -1.98. The second-order valence-electron chi connectivity index (χ2n) is 3.93. The molecule has 0 amide bonds. The highest BCUT2D eigenvalue weighted by Gasteiger charge is 2.13. The molecule has 94 valence electrons. The van der Waals surface area contributed by atoms with Gasteiger partial charge in [0, 0.05) is 18.4 Å². The third-order valence-electron chi connectivity index (χ3n) is 2.65. The molecule has 0 bridgehead atoms. The third kappa shape index (κ3) is 3.62. The van der Waals surface area contributed by atoms with Crippen molar-refractivity contribution < 1.29 is 0 Å². The van der Waals surface area contributed by atoms with Crippen molar-refractivity contribution in [1.29, 1.82) is 0 Å². The molecular weight excluding hydrogens is 446 g/mol. The van der Waals surface area contributed by atoms with Gasteiger partial charge in [-0.15, -0.1) is 0 Å². The zero-order valence-corrected chi connectivity index (χ0v) is 14.6. The van der Waals surface area contributed by atoms with E-state index in [9.17, 15) is 0 Å². The molecule has 0 N–H and O–H groups in total. The third-order valence-corrected chi connectivity index (χ3v) is 5.06. The molecule has 2 rings (SSSR count). The van der Waals surface area contributed by atoms with Crippen molar-refractivity contribution in [1.82, 2.24) is 0 Å². The highest BCUT2D eigenvalue weighted by Crippen LogP contribution is 2.33. The van der Waals surface area contributed by atoms with Gasteiger partial charge in [0.1, 0.15) is 0 Å². The molecule has 1 atom stereocenters. The summed E-state index contributed by atoms with van der Waals surface area (Å²) in [6, 6.07) is 13.8. The van der Waals surface area contributed by atoms with Gasteiger partial charge in [-0.05, 0) is 64.4 Å². The van der Waals surface area contributed by atoms with Crippen molar-refractivity contribution in [2.24, 2.45) is 0 Å². The summed E-state index contributed by atoms with van der Waals surface area (Å²) >= 11 is 18.3. The molecule has 0 saturated heterocycles. The van der Waals surface area contributed by atoms with Crippen LogP contribution in [0.4, 0.5) is 0 Å². The van der Waals surface area contributed by atoms with Gasteiger partial charge in [-0.3, -0.25) is 0 Å². The molecule has 4 heteroatoms. The molecule has 0 heterocycles. The van der Waals surface area contributed by atoms with Gasteiger partial charge in [0.05, 0.1) is 0 Å². The van der Waals surface area contributed by atoms with Crippen LogP contribution in [-0.4, -0.2) is 0 Å². The standard InChI is InChI=1S/C14H10BrCl2I/c15-12(7-9-3-1-2-4-13(9)17)11-8-10(16)5-6-14(11)18/h1-6,8,12H,7H2. The number of halogens is 4. The van der Waals surface area contributed by atoms with Gasteiger partial charge in [-0.2, -0.15) is 0 Å². The Labute approximate surface area is 139 Å². The summed E-state index contributed by atoms with van der Waals surface area (Å²) in [6.07, 6.45) is 0.843. The maximum atomic E-state index is 6.18. The van der Waals surface area contributed by atoms with Crippen molar-refractivity contribution in [3.8, 4) is 0 Å². The summed E-state index contributed by atoms with van der Waals surface area (Å²) in [7, 11) is 0. The van der Waals surface area contributed by atoms with Crippen LogP contribution in [0.15, 0.2) is 42.5 Å². The fourth-order valence-electron chi connectivity index (χ4n) is 1.72. The summed E-state index contributed by atoms with van der Waals surface area (Å²) in [5, 5.41) is 1.56. The summed E-state index contributed by atoms with van der Waals surface area (Å²) in [5.41, 5.74) is 2.33. The Bertz CT molecular complexity index is 557. The zero-order chi connectivity index (χ0) is 13.1. The molecule has 2 aromatic rings. The van der Waals surface area contributed by atoms with Gasteiger partial charge in [0.25, 0.3) is 0 Å². The molecule has 0 aromatic heterocycles. The minimum Gasteiger partial charge on any atom is -0.0843 e. The van der Waals surface area contributed by atoms with E-state index in [0.29, 0.717) is 0 Å². The SMILES string of the molecule is Clc1ccc(I)c(C(Br)Cc2ccccc2Cl)c1. The van der Waals surface area contributed by atoms with Crippen LogP contribution in [0.25, 0.3) is 0 Å². The first kappa shape index (κ1) is 14.6. The molecule has 0 aliphatic heterocycles. The van der Waals surface area contributed by atoms with Gasteiger partial charge >= 0.3 is 0 Å². The first-order valence-electron chi connectivity index (χ1n) is 5.40. The normalized spacial score (nSPS) is 12.4. The number of rotatable bonds is 3. The fourth-order valence-corrected chi connectivity index (χ4v) is 3.98. The molecule has 0 radical (unpaired) electrons. The number of hydrogen-bond donors (Lipinski definition) is 0. The van der Waals surface area contributed by atoms with Crippen molar-refractivity contribution in [3.05, 3.63) is 67.2 Å². The lowest BCUT2D eigenvalue weighted by atomic mass is 10.0. The van der Waals surface area contributed by atoms with Gasteiger partial charge < -0.3 is 0 Å². The van der Waals surface area contributed by atoms with E-state index >= 15 is 0 Å². The molecule has 2 aromatic carbocycles. The highest BCUT2D eigenvalue weighted by atomic mass is 127. The van der Waals surface area contributed by atoms with Crippen LogP contribution in [-0.2, 0) is 6.42 Å². The van der Waals surface area contributed by atoms with Gasteiger partial charge in [-0.1, -0.05) is 57.3 Å². The van der Waals surface area contributed by atoms with E-state index in [1.807, 2.05) is 42.5 Å². The van der Waals surface area contributed by atoms with Gasteiger partial charge in [0.2, 0.25) is 0 Å². The molecule has 0 spiro atoms. The maximum Gasteiger partial charge on any atom is 0.0447 e. The predicted molar refractivity (Wildman–Crippen MR) is 91.0 cm³/mol. The van der Waals surface area contributed by atoms with E-state index in [4.69, 9.17) is 23.2 Å². The maximum absolute atomic E-state index is 6.18. The molecular formula is C14H10BrCl2I. The number of alkyl halides is 1. The molecule has 0 aliphatic rings. The smallest absolute Gasteiger partial charge is 0.0447 e. The van der Waals surface area contributed by atoms with Crippen molar-refractivity contribution in [2.75, 3.05) is 0 Å². The van der Waals surface area contributed by atoms with Crippen LogP contribution in [0.3, 0.4) is 0 Å². The van der Waals surface area contributed by atoms with Crippen LogP contribution >= 0.6 is 61.7 Å². The Morgan fingerprint density at radius 3 is 2.56 bits per heavy atom. The highest BCUT2D eigenvalue weighted by molar-refractivity contribution is 14.1. The Balaban J connectivity index is 2.25. The fraction of sp³-hybridized carbons (Fsp3) is 0.143. The molecule has 0 aliphatic carbocycles. The summed E-state index contributed by atoms with van der Waals surface area (Å²) in [6.45, 7) is 0. The predicted octanol–water partition coefficient (Wildman–Crippen LogP) is 6.28. The minimum atomic E-state index is 0.211. The van der Waals surface area contributed by atoms with Crippen molar-refractivity contribution >= 4 is 61.7 Å². The summed E-state index contributed by atoms with van der Waals surface area (Å²) in [5.74, 6) is 0. The van der Waals surface area contributed by atoms with E-state index < -0.39 is 0 Å². The molecule has 0 saturated carbocycles. The van der Waals surface area contributed by atoms with Crippen LogP contribution < -0.4 is 0 Å².